The second kappa shape index (κ2) is 6.92. The van der Waals surface area contributed by atoms with Gasteiger partial charge in [0.05, 0.1) is 0 Å². The van der Waals surface area contributed by atoms with E-state index in [9.17, 15) is 19.2 Å². The van der Waals surface area contributed by atoms with E-state index in [1.165, 1.54) is 0 Å². The minimum Gasteiger partial charge on any atom is -0.326 e. The number of rotatable bonds is 3. The summed E-state index contributed by atoms with van der Waals surface area (Å²) < 4.78 is 0. The molecule has 1 aliphatic heterocycles. The molecule has 0 unspecified atom stereocenters. The SMILES string of the molecule is CC(C)(C)c1cccc(C(=O)NC2(c3ccccc3)C(=O)NC(=O)NC2=O)c1. The van der Waals surface area contributed by atoms with Gasteiger partial charge in [-0.25, -0.2) is 4.79 Å². The third-order valence-corrected chi connectivity index (χ3v) is 4.63. The van der Waals surface area contributed by atoms with Crippen LogP contribution < -0.4 is 16.0 Å². The molecule has 3 rings (SSSR count). The predicted octanol–water partition coefficient (Wildman–Crippen LogP) is 1.98. The zero-order valence-corrected chi connectivity index (χ0v) is 15.8. The fourth-order valence-corrected chi connectivity index (χ4v) is 3.03. The van der Waals surface area contributed by atoms with Crippen LogP contribution in [0.15, 0.2) is 54.6 Å². The van der Waals surface area contributed by atoms with Gasteiger partial charge in [0.15, 0.2) is 0 Å². The van der Waals surface area contributed by atoms with Crippen LogP contribution >= 0.6 is 0 Å². The third kappa shape index (κ3) is 3.38. The normalized spacial score (nSPS) is 16.2. The van der Waals surface area contributed by atoms with Gasteiger partial charge in [-0.15, -0.1) is 0 Å². The van der Waals surface area contributed by atoms with Crippen LogP contribution in [0.4, 0.5) is 4.79 Å². The van der Waals surface area contributed by atoms with Crippen LogP contribution in [0.25, 0.3) is 0 Å². The number of carbonyl (C=O) groups is 4. The van der Waals surface area contributed by atoms with E-state index in [2.05, 4.69) is 16.0 Å². The van der Waals surface area contributed by atoms with Crippen molar-refractivity contribution in [2.45, 2.75) is 31.7 Å². The first-order valence-electron chi connectivity index (χ1n) is 8.80. The number of benzene rings is 2. The Balaban J connectivity index is 2.04. The molecule has 3 N–H and O–H groups in total. The number of urea groups is 1. The van der Waals surface area contributed by atoms with Gasteiger partial charge < -0.3 is 5.32 Å². The van der Waals surface area contributed by atoms with Crippen molar-refractivity contribution >= 4 is 23.8 Å². The predicted molar refractivity (Wildman–Crippen MR) is 102 cm³/mol. The molecule has 0 spiro atoms. The zero-order valence-electron chi connectivity index (χ0n) is 15.8. The average Bonchev–Trinajstić information content (AvgIpc) is 2.64. The van der Waals surface area contributed by atoms with Gasteiger partial charge in [-0.3, -0.25) is 25.0 Å². The molecule has 0 aromatic heterocycles. The van der Waals surface area contributed by atoms with E-state index in [1.54, 1.807) is 48.5 Å². The Hall–Kier alpha value is -3.48. The van der Waals surface area contributed by atoms with Crippen LogP contribution in [0.5, 0.6) is 0 Å². The summed E-state index contributed by atoms with van der Waals surface area (Å²) in [6.07, 6.45) is 0. The van der Waals surface area contributed by atoms with Gasteiger partial charge in [-0.1, -0.05) is 63.2 Å². The molecular formula is C21H21N3O4. The fourth-order valence-electron chi connectivity index (χ4n) is 3.03. The monoisotopic (exact) mass is 379 g/mol. The number of hydrogen-bond acceptors (Lipinski definition) is 4. The molecule has 0 saturated carbocycles. The second-order valence-electron chi connectivity index (χ2n) is 7.64. The van der Waals surface area contributed by atoms with Crippen LogP contribution in [0, 0.1) is 0 Å². The number of nitrogens with one attached hydrogen (secondary N) is 3. The maximum atomic E-state index is 13.0. The first-order valence-corrected chi connectivity index (χ1v) is 8.80. The fraction of sp³-hybridized carbons (Fsp3) is 0.238. The molecule has 2 aromatic rings. The number of hydrogen-bond donors (Lipinski definition) is 3. The van der Waals surface area contributed by atoms with Gasteiger partial charge in [0.2, 0.25) is 5.54 Å². The summed E-state index contributed by atoms with van der Waals surface area (Å²) in [6, 6.07) is 14.1. The van der Waals surface area contributed by atoms with Crippen molar-refractivity contribution in [2.75, 3.05) is 0 Å². The third-order valence-electron chi connectivity index (χ3n) is 4.63. The molecule has 5 amide bonds. The van der Waals surface area contributed by atoms with E-state index in [-0.39, 0.29) is 11.0 Å². The first-order chi connectivity index (χ1) is 13.1. The van der Waals surface area contributed by atoms with Crippen LogP contribution in [0.2, 0.25) is 0 Å². The zero-order chi connectivity index (χ0) is 20.5. The lowest BCUT2D eigenvalue weighted by Gasteiger charge is -2.35. The quantitative estimate of drug-likeness (QED) is 0.709. The summed E-state index contributed by atoms with van der Waals surface area (Å²) in [5.74, 6) is -2.42. The van der Waals surface area contributed by atoms with Crippen molar-refractivity contribution in [3.05, 3.63) is 71.3 Å². The Morgan fingerprint density at radius 2 is 1.50 bits per heavy atom. The van der Waals surface area contributed by atoms with Crippen molar-refractivity contribution in [2.24, 2.45) is 0 Å². The number of imide groups is 2. The average molecular weight is 379 g/mol. The highest BCUT2D eigenvalue weighted by atomic mass is 16.2. The lowest BCUT2D eigenvalue weighted by molar-refractivity contribution is -0.139. The smallest absolute Gasteiger partial charge is 0.326 e. The number of carbonyl (C=O) groups excluding carboxylic acids is 4. The molecule has 1 fully saturated rings. The Morgan fingerprint density at radius 1 is 0.893 bits per heavy atom. The summed E-state index contributed by atoms with van der Waals surface area (Å²) >= 11 is 0. The van der Waals surface area contributed by atoms with Crippen molar-refractivity contribution in [1.29, 1.82) is 0 Å². The summed E-state index contributed by atoms with van der Waals surface area (Å²) in [7, 11) is 0. The van der Waals surface area contributed by atoms with E-state index < -0.39 is 29.3 Å². The minimum atomic E-state index is -2.05. The Labute approximate surface area is 162 Å². The molecule has 28 heavy (non-hydrogen) atoms. The molecule has 0 radical (unpaired) electrons. The lowest BCUT2D eigenvalue weighted by Crippen LogP contribution is -2.71. The molecule has 0 aliphatic carbocycles. The van der Waals surface area contributed by atoms with E-state index in [0.717, 1.165) is 5.56 Å². The van der Waals surface area contributed by atoms with Crippen molar-refractivity contribution in [3.63, 3.8) is 0 Å². The molecule has 0 bridgehead atoms. The first kappa shape index (κ1) is 19.3. The molecule has 2 aromatic carbocycles. The molecule has 7 heteroatoms. The minimum absolute atomic E-state index is 0.181. The maximum absolute atomic E-state index is 13.0. The van der Waals surface area contributed by atoms with Gasteiger partial charge in [0.1, 0.15) is 0 Å². The Morgan fingerprint density at radius 3 is 2.07 bits per heavy atom. The van der Waals surface area contributed by atoms with Crippen LogP contribution in [-0.4, -0.2) is 23.8 Å². The molecule has 144 valence electrons. The van der Waals surface area contributed by atoms with Crippen molar-refractivity contribution in [1.82, 2.24) is 16.0 Å². The summed E-state index contributed by atoms with van der Waals surface area (Å²) in [6.45, 7) is 6.05. The van der Waals surface area contributed by atoms with Gasteiger partial charge in [0.25, 0.3) is 17.7 Å². The van der Waals surface area contributed by atoms with Gasteiger partial charge in [0, 0.05) is 5.56 Å². The van der Waals surface area contributed by atoms with Crippen LogP contribution in [-0.2, 0) is 20.5 Å². The summed E-state index contributed by atoms with van der Waals surface area (Å²) in [5, 5.41) is 6.68. The topological polar surface area (TPSA) is 104 Å². The molecule has 1 aliphatic rings. The van der Waals surface area contributed by atoms with E-state index >= 15 is 0 Å². The molecule has 1 saturated heterocycles. The number of amides is 5. The van der Waals surface area contributed by atoms with E-state index in [1.807, 2.05) is 26.8 Å². The summed E-state index contributed by atoms with van der Waals surface area (Å²) in [4.78, 5) is 50.0. The van der Waals surface area contributed by atoms with Crippen molar-refractivity contribution < 1.29 is 19.2 Å². The van der Waals surface area contributed by atoms with E-state index in [0.29, 0.717) is 5.56 Å². The standard InChI is InChI=1S/C21H21N3O4/c1-20(2,3)15-11-7-8-13(12-15)16(25)24-21(14-9-5-4-6-10-14)17(26)22-19(28)23-18(21)27/h4-12H,1-3H3,(H,24,25)(H2,22,23,26,27,28). The highest BCUT2D eigenvalue weighted by molar-refractivity contribution is 6.24. The highest BCUT2D eigenvalue weighted by Crippen LogP contribution is 2.26. The van der Waals surface area contributed by atoms with Gasteiger partial charge in [-0.05, 0) is 28.7 Å². The maximum Gasteiger partial charge on any atom is 0.328 e. The van der Waals surface area contributed by atoms with Crippen LogP contribution in [0.1, 0.15) is 42.3 Å². The molecule has 0 atom stereocenters. The Bertz CT molecular complexity index is 941. The molecular weight excluding hydrogens is 358 g/mol. The number of barbiturate groups is 1. The largest absolute Gasteiger partial charge is 0.328 e. The Kier molecular flexibility index (Phi) is 4.77. The van der Waals surface area contributed by atoms with Crippen molar-refractivity contribution in [3.8, 4) is 0 Å². The lowest BCUT2D eigenvalue weighted by atomic mass is 9.85. The second-order valence-corrected chi connectivity index (χ2v) is 7.64. The molecule has 7 nitrogen and oxygen atoms in total. The highest BCUT2D eigenvalue weighted by Gasteiger charge is 2.53. The van der Waals surface area contributed by atoms with Gasteiger partial charge >= 0.3 is 6.03 Å². The molecule has 1 heterocycles. The summed E-state index contributed by atoms with van der Waals surface area (Å²) in [5.41, 5.74) is -0.747. The van der Waals surface area contributed by atoms with Gasteiger partial charge in [-0.2, -0.15) is 0 Å². The van der Waals surface area contributed by atoms with Crippen LogP contribution in [0.3, 0.4) is 0 Å². The van der Waals surface area contributed by atoms with E-state index in [4.69, 9.17) is 0 Å².